The van der Waals surface area contributed by atoms with Gasteiger partial charge in [-0.3, -0.25) is 0 Å². The highest BCUT2D eigenvalue weighted by Crippen LogP contribution is 2.28. The van der Waals surface area contributed by atoms with Gasteiger partial charge >= 0.3 is 0 Å². The maximum atomic E-state index is 6.01. The van der Waals surface area contributed by atoms with Crippen molar-refractivity contribution in [1.82, 2.24) is 0 Å². The number of nitrogens with two attached hydrogens (primary N) is 1. The zero-order chi connectivity index (χ0) is 11.5. The first-order valence-corrected chi connectivity index (χ1v) is 6.12. The van der Waals surface area contributed by atoms with E-state index in [0.717, 1.165) is 26.2 Å². The van der Waals surface area contributed by atoms with Gasteiger partial charge in [-0.25, -0.2) is 0 Å². The van der Waals surface area contributed by atoms with E-state index in [1.807, 2.05) is 30.3 Å². The average molecular weight is 297 g/mol. The van der Waals surface area contributed by atoms with Crippen LogP contribution in [0.15, 0.2) is 46.9 Å². The van der Waals surface area contributed by atoms with Crippen molar-refractivity contribution in [1.29, 1.82) is 0 Å². The molecule has 16 heavy (non-hydrogen) atoms. The Labute approximate surface area is 108 Å². The quantitative estimate of drug-likeness (QED) is 0.882. The molecule has 0 aliphatic heterocycles. The molecule has 3 heteroatoms. The number of hydrogen-bond donors (Lipinski definition) is 1. The molecule has 2 aromatic rings. The highest BCUT2D eigenvalue weighted by molar-refractivity contribution is 9.10. The lowest BCUT2D eigenvalue weighted by atomic mass is 10.00. The van der Waals surface area contributed by atoms with Crippen molar-refractivity contribution in [3.8, 4) is 11.1 Å². The van der Waals surface area contributed by atoms with E-state index >= 15 is 0 Å². The molecule has 0 heterocycles. The van der Waals surface area contributed by atoms with Gasteiger partial charge in [0, 0.05) is 16.0 Å². The fourth-order valence-corrected chi connectivity index (χ4v) is 2.22. The summed E-state index contributed by atoms with van der Waals surface area (Å²) in [6.45, 7) is 0.513. The first-order valence-electron chi connectivity index (χ1n) is 4.95. The molecule has 0 spiro atoms. The summed E-state index contributed by atoms with van der Waals surface area (Å²) in [5.74, 6) is 0. The molecule has 0 aromatic heterocycles. The Hall–Kier alpha value is -0.830. The van der Waals surface area contributed by atoms with Gasteiger partial charge in [0.05, 0.1) is 0 Å². The second kappa shape index (κ2) is 5.00. The van der Waals surface area contributed by atoms with Crippen molar-refractivity contribution < 1.29 is 0 Å². The van der Waals surface area contributed by atoms with E-state index in [4.69, 9.17) is 17.3 Å². The van der Waals surface area contributed by atoms with E-state index in [1.165, 1.54) is 0 Å². The van der Waals surface area contributed by atoms with Gasteiger partial charge in [-0.15, -0.1) is 0 Å². The molecule has 2 N–H and O–H groups in total. The molecule has 0 bridgehead atoms. The monoisotopic (exact) mass is 295 g/mol. The summed E-state index contributed by atoms with van der Waals surface area (Å²) in [5.41, 5.74) is 9.04. The van der Waals surface area contributed by atoms with Crippen LogP contribution in [0.5, 0.6) is 0 Å². The Morgan fingerprint density at radius 3 is 2.62 bits per heavy atom. The minimum Gasteiger partial charge on any atom is -0.326 e. The van der Waals surface area contributed by atoms with E-state index < -0.39 is 0 Å². The maximum Gasteiger partial charge on any atom is 0.0412 e. The minimum absolute atomic E-state index is 0.513. The maximum absolute atomic E-state index is 6.01. The lowest BCUT2D eigenvalue weighted by Gasteiger charge is -2.09. The molecule has 0 saturated heterocycles. The van der Waals surface area contributed by atoms with Crippen LogP contribution in [0.2, 0.25) is 5.02 Å². The SMILES string of the molecule is NCc1ccc(Cl)cc1-c1cccc(Br)c1. The smallest absolute Gasteiger partial charge is 0.0412 e. The van der Waals surface area contributed by atoms with Crippen molar-refractivity contribution in [3.63, 3.8) is 0 Å². The van der Waals surface area contributed by atoms with Gasteiger partial charge in [0.15, 0.2) is 0 Å². The summed E-state index contributed by atoms with van der Waals surface area (Å²) in [7, 11) is 0. The highest BCUT2D eigenvalue weighted by Gasteiger charge is 2.05. The third-order valence-electron chi connectivity index (χ3n) is 2.43. The molecule has 1 nitrogen and oxygen atoms in total. The van der Waals surface area contributed by atoms with Gasteiger partial charge in [-0.2, -0.15) is 0 Å². The molecular formula is C13H11BrClN. The molecule has 0 amide bonds. The summed E-state index contributed by atoms with van der Waals surface area (Å²) in [6, 6.07) is 13.9. The zero-order valence-electron chi connectivity index (χ0n) is 8.58. The van der Waals surface area contributed by atoms with E-state index in [2.05, 4.69) is 28.1 Å². The second-order valence-corrected chi connectivity index (χ2v) is 4.87. The topological polar surface area (TPSA) is 26.0 Å². The number of hydrogen-bond acceptors (Lipinski definition) is 1. The number of benzene rings is 2. The van der Waals surface area contributed by atoms with Crippen LogP contribution in [0.1, 0.15) is 5.56 Å². The fraction of sp³-hybridized carbons (Fsp3) is 0.0769. The number of rotatable bonds is 2. The zero-order valence-corrected chi connectivity index (χ0v) is 10.9. The third kappa shape index (κ3) is 2.46. The second-order valence-electron chi connectivity index (χ2n) is 3.52. The third-order valence-corrected chi connectivity index (χ3v) is 3.16. The van der Waals surface area contributed by atoms with Crippen molar-refractivity contribution in [3.05, 3.63) is 57.5 Å². The highest BCUT2D eigenvalue weighted by atomic mass is 79.9. The summed E-state index contributed by atoms with van der Waals surface area (Å²) >= 11 is 9.47. The van der Waals surface area contributed by atoms with Gasteiger partial charge in [0.25, 0.3) is 0 Å². The largest absolute Gasteiger partial charge is 0.326 e. The molecule has 2 aromatic carbocycles. The molecule has 0 fully saturated rings. The van der Waals surface area contributed by atoms with Crippen LogP contribution in [0, 0.1) is 0 Å². The molecule has 82 valence electrons. The van der Waals surface area contributed by atoms with Crippen LogP contribution in [0.25, 0.3) is 11.1 Å². The molecule has 0 radical (unpaired) electrons. The molecule has 0 aliphatic rings. The van der Waals surface area contributed by atoms with Crippen molar-refractivity contribution in [2.75, 3.05) is 0 Å². The summed E-state index contributed by atoms with van der Waals surface area (Å²) in [4.78, 5) is 0. The Morgan fingerprint density at radius 1 is 1.12 bits per heavy atom. The average Bonchev–Trinajstić information content (AvgIpc) is 2.29. The molecule has 0 saturated carbocycles. The van der Waals surface area contributed by atoms with Crippen LogP contribution in [0.4, 0.5) is 0 Å². The van der Waals surface area contributed by atoms with E-state index in [9.17, 15) is 0 Å². The Bertz CT molecular complexity index is 511. The Morgan fingerprint density at radius 2 is 1.94 bits per heavy atom. The lowest BCUT2D eigenvalue weighted by Crippen LogP contribution is -1.98. The lowest BCUT2D eigenvalue weighted by molar-refractivity contribution is 1.07. The predicted molar refractivity (Wildman–Crippen MR) is 72.5 cm³/mol. The molecule has 0 unspecified atom stereocenters. The van der Waals surface area contributed by atoms with Crippen molar-refractivity contribution >= 4 is 27.5 Å². The van der Waals surface area contributed by atoms with Gasteiger partial charge < -0.3 is 5.73 Å². The van der Waals surface area contributed by atoms with Gasteiger partial charge in [0.1, 0.15) is 0 Å². The Balaban J connectivity index is 2.58. The first-order chi connectivity index (χ1) is 7.70. The summed E-state index contributed by atoms with van der Waals surface area (Å²) < 4.78 is 1.05. The van der Waals surface area contributed by atoms with Crippen LogP contribution in [0.3, 0.4) is 0 Å². The van der Waals surface area contributed by atoms with Gasteiger partial charge in [-0.1, -0.05) is 45.7 Å². The summed E-state index contributed by atoms with van der Waals surface area (Å²) in [6.07, 6.45) is 0. The molecule has 0 aliphatic carbocycles. The molecule has 2 rings (SSSR count). The van der Waals surface area contributed by atoms with Crippen molar-refractivity contribution in [2.24, 2.45) is 5.73 Å². The van der Waals surface area contributed by atoms with Crippen LogP contribution < -0.4 is 5.73 Å². The predicted octanol–water partition coefficient (Wildman–Crippen LogP) is 4.23. The fourth-order valence-electron chi connectivity index (χ4n) is 1.65. The van der Waals surface area contributed by atoms with Gasteiger partial charge in [0.2, 0.25) is 0 Å². The van der Waals surface area contributed by atoms with E-state index in [0.29, 0.717) is 6.54 Å². The molecule has 0 atom stereocenters. The minimum atomic E-state index is 0.513. The Kier molecular flexibility index (Phi) is 3.64. The van der Waals surface area contributed by atoms with Crippen molar-refractivity contribution in [2.45, 2.75) is 6.54 Å². The van der Waals surface area contributed by atoms with Gasteiger partial charge in [-0.05, 0) is 41.0 Å². The van der Waals surface area contributed by atoms with Crippen LogP contribution >= 0.6 is 27.5 Å². The first kappa shape index (κ1) is 11.6. The normalized spacial score (nSPS) is 10.4. The number of halogens is 2. The van der Waals surface area contributed by atoms with Crippen LogP contribution in [-0.4, -0.2) is 0 Å². The molecular weight excluding hydrogens is 286 g/mol. The summed E-state index contributed by atoms with van der Waals surface area (Å²) in [5, 5.41) is 0.729. The van der Waals surface area contributed by atoms with E-state index in [-0.39, 0.29) is 0 Å². The van der Waals surface area contributed by atoms with Crippen LogP contribution in [-0.2, 0) is 6.54 Å². The standard InChI is InChI=1S/C13H11BrClN/c14-11-3-1-2-9(6-11)13-7-12(15)5-4-10(13)8-16/h1-7H,8,16H2. The van der Waals surface area contributed by atoms with E-state index in [1.54, 1.807) is 0 Å².